The first-order valence-corrected chi connectivity index (χ1v) is 8.27. The van der Waals surface area contributed by atoms with Crippen LogP contribution < -0.4 is 10.4 Å². The number of pyridine rings is 1. The van der Waals surface area contributed by atoms with E-state index < -0.39 is 30.1 Å². The summed E-state index contributed by atoms with van der Waals surface area (Å²) in [4.78, 5) is 5.70. The number of halogens is 3. The van der Waals surface area contributed by atoms with Crippen molar-refractivity contribution in [2.24, 2.45) is 0 Å². The van der Waals surface area contributed by atoms with E-state index in [1.807, 2.05) is 27.7 Å². The second-order valence-electron chi connectivity index (χ2n) is 7.33. The number of morpholine rings is 1. The first-order chi connectivity index (χ1) is 11.5. The van der Waals surface area contributed by atoms with Crippen LogP contribution in [0.15, 0.2) is 12.3 Å². The van der Waals surface area contributed by atoms with Crippen LogP contribution in [0.2, 0.25) is 0 Å². The van der Waals surface area contributed by atoms with E-state index in [-0.39, 0.29) is 11.3 Å². The van der Waals surface area contributed by atoms with Crippen LogP contribution in [0, 0.1) is 0 Å². The molecule has 0 radical (unpaired) electrons. The van der Waals surface area contributed by atoms with E-state index in [0.717, 1.165) is 6.07 Å². The molecule has 0 spiro atoms. The quantitative estimate of drug-likeness (QED) is 0.759. The Balaban J connectivity index is 1.95. The fraction of sp³-hybridized carbons (Fsp3) is 0.688. The number of aromatic nitrogens is 1. The third-order valence-corrected chi connectivity index (χ3v) is 5.03. The Hall–Kier alpha value is -1.32. The predicted molar refractivity (Wildman–Crippen MR) is 88.0 cm³/mol. The van der Waals surface area contributed by atoms with Crippen molar-refractivity contribution in [3.05, 3.63) is 17.8 Å². The molecular weight excluding hydrogens is 336 g/mol. The molecule has 0 N–H and O–H groups in total. The molecule has 0 saturated carbocycles. The first kappa shape index (κ1) is 18.5. The fourth-order valence-electron chi connectivity index (χ4n) is 2.82. The normalized spacial score (nSPS) is 23.2. The van der Waals surface area contributed by atoms with Gasteiger partial charge in [-0.25, -0.2) is 4.98 Å². The summed E-state index contributed by atoms with van der Waals surface area (Å²) in [5, 5.41) is 0. The van der Waals surface area contributed by atoms with Gasteiger partial charge in [0, 0.05) is 24.7 Å². The number of rotatable bonds is 2. The van der Waals surface area contributed by atoms with E-state index in [4.69, 9.17) is 14.0 Å². The van der Waals surface area contributed by atoms with E-state index in [9.17, 15) is 13.2 Å². The van der Waals surface area contributed by atoms with Gasteiger partial charge in [-0.05, 0) is 33.8 Å². The molecule has 2 saturated heterocycles. The molecule has 9 heteroatoms. The summed E-state index contributed by atoms with van der Waals surface area (Å²) < 4.78 is 57.7. The number of hydrogen-bond acceptors (Lipinski definition) is 5. The van der Waals surface area contributed by atoms with Crippen molar-refractivity contribution in [2.75, 3.05) is 31.2 Å². The average molecular weight is 358 g/mol. The van der Waals surface area contributed by atoms with Gasteiger partial charge < -0.3 is 18.9 Å². The highest BCUT2D eigenvalue weighted by atomic mass is 19.4. The maximum Gasteiger partial charge on any atom is 0.496 e. The van der Waals surface area contributed by atoms with E-state index in [2.05, 4.69) is 4.98 Å². The van der Waals surface area contributed by atoms with Crippen molar-refractivity contribution in [3.63, 3.8) is 0 Å². The molecule has 1 aromatic heterocycles. The van der Waals surface area contributed by atoms with Gasteiger partial charge in [-0.1, -0.05) is 0 Å². The molecule has 0 amide bonds. The molecule has 25 heavy (non-hydrogen) atoms. The number of ether oxygens (including phenoxy) is 1. The molecule has 3 rings (SSSR count). The van der Waals surface area contributed by atoms with Gasteiger partial charge >= 0.3 is 13.3 Å². The molecule has 0 aliphatic carbocycles. The Kier molecular flexibility index (Phi) is 4.54. The molecule has 5 nitrogen and oxygen atoms in total. The minimum Gasteiger partial charge on any atom is -0.399 e. The Labute approximate surface area is 145 Å². The minimum absolute atomic E-state index is 0.0731. The van der Waals surface area contributed by atoms with Crippen molar-refractivity contribution in [1.29, 1.82) is 0 Å². The van der Waals surface area contributed by atoms with E-state index in [1.165, 1.54) is 6.20 Å². The summed E-state index contributed by atoms with van der Waals surface area (Å²) in [5.74, 6) is -0.0731. The molecule has 138 valence electrons. The van der Waals surface area contributed by atoms with Gasteiger partial charge in [0.25, 0.3) is 0 Å². The minimum atomic E-state index is -4.51. The lowest BCUT2D eigenvalue weighted by Gasteiger charge is -2.32. The zero-order chi connectivity index (χ0) is 18.5. The molecule has 1 aromatic rings. The lowest BCUT2D eigenvalue weighted by atomic mass is 9.79. The molecule has 3 heterocycles. The highest BCUT2D eigenvalue weighted by Crippen LogP contribution is 2.38. The van der Waals surface area contributed by atoms with Gasteiger partial charge in [-0.3, -0.25) is 0 Å². The van der Waals surface area contributed by atoms with Crippen molar-refractivity contribution < 1.29 is 27.2 Å². The summed E-state index contributed by atoms with van der Waals surface area (Å²) in [6, 6.07) is 1.08. The third-order valence-electron chi connectivity index (χ3n) is 5.03. The third kappa shape index (κ3) is 3.50. The molecular formula is C16H22BF3N2O3. The second-order valence-corrected chi connectivity index (χ2v) is 7.33. The Morgan fingerprint density at radius 1 is 1.08 bits per heavy atom. The van der Waals surface area contributed by atoms with E-state index >= 15 is 0 Å². The molecule has 2 fully saturated rings. The number of anilines is 1. The fourth-order valence-corrected chi connectivity index (χ4v) is 2.82. The standard InChI is InChI=1S/C16H22BF3N2O3/c1-14(2)15(3,4)25-17(24-14)11-9-12(16(18,19)20)13(21-10-11)22-5-7-23-8-6-22/h9-10H,5-8H2,1-4H3. The van der Waals surface area contributed by atoms with Gasteiger partial charge in [-0.15, -0.1) is 0 Å². The molecule has 0 atom stereocenters. The lowest BCUT2D eigenvalue weighted by Crippen LogP contribution is -2.41. The number of hydrogen-bond donors (Lipinski definition) is 0. The van der Waals surface area contributed by atoms with Crippen molar-refractivity contribution in [2.45, 2.75) is 45.1 Å². The number of nitrogens with zero attached hydrogens (tertiary/aromatic N) is 2. The van der Waals surface area contributed by atoms with Gasteiger partial charge in [0.15, 0.2) is 0 Å². The summed E-state index contributed by atoms with van der Waals surface area (Å²) in [5.41, 5.74) is -1.76. The van der Waals surface area contributed by atoms with Crippen molar-refractivity contribution in [1.82, 2.24) is 4.98 Å². The van der Waals surface area contributed by atoms with Crippen LogP contribution in [-0.2, 0) is 20.2 Å². The summed E-state index contributed by atoms with van der Waals surface area (Å²) in [6.07, 6.45) is -3.11. The molecule has 0 aromatic carbocycles. The van der Waals surface area contributed by atoms with Crippen molar-refractivity contribution >= 4 is 18.4 Å². The molecule has 2 aliphatic heterocycles. The topological polar surface area (TPSA) is 43.8 Å². The maximum atomic E-state index is 13.6. The zero-order valence-electron chi connectivity index (χ0n) is 14.8. The van der Waals surface area contributed by atoms with Crippen LogP contribution >= 0.6 is 0 Å². The highest BCUT2D eigenvalue weighted by Gasteiger charge is 2.52. The van der Waals surface area contributed by atoms with Gasteiger partial charge in [0.1, 0.15) is 5.82 Å². The predicted octanol–water partition coefficient (Wildman–Crippen LogP) is 2.24. The Morgan fingerprint density at radius 2 is 1.64 bits per heavy atom. The van der Waals surface area contributed by atoms with Crippen LogP contribution in [0.1, 0.15) is 33.3 Å². The SMILES string of the molecule is CC1(C)OB(c2cnc(N3CCOCC3)c(C(F)(F)F)c2)OC1(C)C. The maximum absolute atomic E-state index is 13.6. The molecule has 0 unspecified atom stereocenters. The highest BCUT2D eigenvalue weighted by molar-refractivity contribution is 6.62. The van der Waals surface area contributed by atoms with E-state index in [0.29, 0.717) is 26.3 Å². The zero-order valence-corrected chi connectivity index (χ0v) is 14.8. The summed E-state index contributed by atoms with van der Waals surface area (Å²) in [6.45, 7) is 8.95. The Bertz CT molecular complexity index is 630. The smallest absolute Gasteiger partial charge is 0.399 e. The van der Waals surface area contributed by atoms with Crippen LogP contribution in [-0.4, -0.2) is 49.6 Å². The monoisotopic (exact) mass is 358 g/mol. The summed E-state index contributed by atoms with van der Waals surface area (Å²) >= 11 is 0. The molecule has 2 aliphatic rings. The first-order valence-electron chi connectivity index (χ1n) is 8.27. The molecule has 0 bridgehead atoms. The van der Waals surface area contributed by atoms with Crippen molar-refractivity contribution in [3.8, 4) is 0 Å². The average Bonchev–Trinajstić information content (AvgIpc) is 2.75. The van der Waals surface area contributed by atoms with Gasteiger partial charge in [0.05, 0.1) is 30.0 Å². The Morgan fingerprint density at radius 3 is 2.16 bits per heavy atom. The summed E-state index contributed by atoms with van der Waals surface area (Å²) in [7, 11) is -0.877. The van der Waals surface area contributed by atoms with Crippen LogP contribution in [0.4, 0.5) is 19.0 Å². The van der Waals surface area contributed by atoms with Gasteiger partial charge in [0.2, 0.25) is 0 Å². The second kappa shape index (κ2) is 6.14. The lowest BCUT2D eigenvalue weighted by molar-refractivity contribution is -0.137. The van der Waals surface area contributed by atoms with Gasteiger partial charge in [-0.2, -0.15) is 13.2 Å². The number of alkyl halides is 3. The van der Waals surface area contributed by atoms with Crippen LogP contribution in [0.3, 0.4) is 0 Å². The van der Waals surface area contributed by atoms with E-state index in [1.54, 1.807) is 4.90 Å². The van der Waals surface area contributed by atoms with Crippen LogP contribution in [0.5, 0.6) is 0 Å². The largest absolute Gasteiger partial charge is 0.496 e. The van der Waals surface area contributed by atoms with Crippen LogP contribution in [0.25, 0.3) is 0 Å².